The summed E-state index contributed by atoms with van der Waals surface area (Å²) in [6.07, 6.45) is 0. The van der Waals surface area contributed by atoms with E-state index >= 15 is 0 Å². The van der Waals surface area contributed by atoms with Crippen LogP contribution in [0.2, 0.25) is 0 Å². The molecule has 154 valence electrons. The Hall–Kier alpha value is -3.00. The molecular formula is C22H21FN4O2S. The molecule has 1 N–H and O–H groups in total. The lowest BCUT2D eigenvalue weighted by Crippen LogP contribution is -2.46. The molecule has 0 bridgehead atoms. The van der Waals surface area contributed by atoms with E-state index in [1.807, 2.05) is 43.0 Å². The lowest BCUT2D eigenvalue weighted by Gasteiger charge is -2.32. The van der Waals surface area contributed by atoms with E-state index in [4.69, 9.17) is 4.99 Å². The lowest BCUT2D eigenvalue weighted by atomic mass is 10.0. The van der Waals surface area contributed by atoms with Crippen LogP contribution in [0.4, 0.5) is 10.1 Å². The average Bonchev–Trinajstić information content (AvgIpc) is 3.09. The van der Waals surface area contributed by atoms with Crippen LogP contribution in [-0.2, 0) is 16.1 Å². The number of benzene rings is 2. The summed E-state index contributed by atoms with van der Waals surface area (Å²) in [6.45, 7) is 4.26. The molecule has 2 aromatic rings. The average molecular weight is 425 g/mol. The van der Waals surface area contributed by atoms with Crippen molar-refractivity contribution in [3.63, 3.8) is 0 Å². The number of hydrogen-bond donors (Lipinski definition) is 1. The van der Waals surface area contributed by atoms with Gasteiger partial charge in [-0.2, -0.15) is 4.99 Å². The molecule has 2 aromatic carbocycles. The molecule has 1 unspecified atom stereocenters. The van der Waals surface area contributed by atoms with Gasteiger partial charge in [-0.05, 0) is 35.7 Å². The van der Waals surface area contributed by atoms with Crippen molar-refractivity contribution in [2.45, 2.75) is 26.4 Å². The summed E-state index contributed by atoms with van der Waals surface area (Å²) >= 11 is 1.28. The summed E-state index contributed by atoms with van der Waals surface area (Å²) in [7, 11) is 0. The third-order valence-corrected chi connectivity index (χ3v) is 5.86. The first-order valence-corrected chi connectivity index (χ1v) is 10.7. The van der Waals surface area contributed by atoms with E-state index in [-0.39, 0.29) is 29.3 Å². The quantitative estimate of drug-likeness (QED) is 0.797. The highest BCUT2D eigenvalue weighted by molar-refractivity contribution is 8.14. The van der Waals surface area contributed by atoms with Gasteiger partial charge in [-0.3, -0.25) is 14.5 Å². The predicted octanol–water partition coefficient (Wildman–Crippen LogP) is 3.49. The molecule has 2 aliphatic rings. The molecule has 2 aliphatic heterocycles. The fourth-order valence-electron chi connectivity index (χ4n) is 3.45. The van der Waals surface area contributed by atoms with Crippen LogP contribution in [0.25, 0.3) is 0 Å². The van der Waals surface area contributed by atoms with Crippen molar-refractivity contribution in [1.82, 2.24) is 10.2 Å². The van der Waals surface area contributed by atoms with Gasteiger partial charge in [-0.1, -0.05) is 49.9 Å². The number of rotatable bonds is 5. The lowest BCUT2D eigenvalue weighted by molar-refractivity contribution is -0.120. The van der Waals surface area contributed by atoms with Crippen molar-refractivity contribution < 1.29 is 14.0 Å². The monoisotopic (exact) mass is 424 g/mol. The van der Waals surface area contributed by atoms with Gasteiger partial charge in [0.25, 0.3) is 5.91 Å². The van der Waals surface area contributed by atoms with Gasteiger partial charge in [-0.15, -0.1) is 0 Å². The molecule has 30 heavy (non-hydrogen) atoms. The van der Waals surface area contributed by atoms with Crippen molar-refractivity contribution in [2.24, 2.45) is 15.9 Å². The SMILES string of the molecule is CC(C)C1C(=O)N=C2c3ccccc3N=C(SCC(=O)NCc3ccc(F)cc3)N21. The Labute approximate surface area is 178 Å². The number of nitrogens with one attached hydrogen (secondary N) is 1. The highest BCUT2D eigenvalue weighted by atomic mass is 32.2. The molecule has 0 fully saturated rings. The van der Waals surface area contributed by atoms with Gasteiger partial charge in [-0.25, -0.2) is 9.38 Å². The van der Waals surface area contributed by atoms with E-state index in [2.05, 4.69) is 10.3 Å². The first-order valence-electron chi connectivity index (χ1n) is 9.68. The zero-order chi connectivity index (χ0) is 21.3. The topological polar surface area (TPSA) is 74.1 Å². The second-order valence-corrected chi connectivity index (χ2v) is 8.38. The highest BCUT2D eigenvalue weighted by Crippen LogP contribution is 2.35. The zero-order valence-corrected chi connectivity index (χ0v) is 17.4. The number of nitrogens with zero attached hydrogens (tertiary/aromatic N) is 3. The van der Waals surface area contributed by atoms with Gasteiger partial charge >= 0.3 is 0 Å². The van der Waals surface area contributed by atoms with Gasteiger partial charge < -0.3 is 5.32 Å². The van der Waals surface area contributed by atoms with Crippen LogP contribution in [0.15, 0.2) is 58.5 Å². The molecule has 0 radical (unpaired) electrons. The number of amidine groups is 2. The van der Waals surface area contributed by atoms with Crippen molar-refractivity contribution >= 4 is 40.3 Å². The van der Waals surface area contributed by atoms with Crippen molar-refractivity contribution in [3.8, 4) is 0 Å². The number of hydrogen-bond acceptors (Lipinski definition) is 5. The molecule has 0 spiro atoms. The van der Waals surface area contributed by atoms with E-state index in [1.54, 1.807) is 12.1 Å². The third-order valence-electron chi connectivity index (χ3n) is 4.91. The number of thioether (sulfide) groups is 1. The molecule has 1 atom stereocenters. The van der Waals surface area contributed by atoms with Crippen molar-refractivity contribution in [1.29, 1.82) is 0 Å². The fraction of sp³-hybridized carbons (Fsp3) is 0.273. The molecule has 6 nitrogen and oxygen atoms in total. The number of carbonyl (C=O) groups is 2. The summed E-state index contributed by atoms with van der Waals surface area (Å²) in [6, 6.07) is 13.1. The summed E-state index contributed by atoms with van der Waals surface area (Å²) in [4.78, 5) is 35.8. The molecule has 4 rings (SSSR count). The fourth-order valence-corrected chi connectivity index (χ4v) is 4.32. The molecule has 0 aromatic heterocycles. The summed E-state index contributed by atoms with van der Waals surface area (Å²) in [5, 5.41) is 3.42. The smallest absolute Gasteiger partial charge is 0.271 e. The van der Waals surface area contributed by atoms with Crippen LogP contribution in [0.3, 0.4) is 0 Å². The predicted molar refractivity (Wildman–Crippen MR) is 116 cm³/mol. The van der Waals surface area contributed by atoms with E-state index in [1.165, 1.54) is 23.9 Å². The van der Waals surface area contributed by atoms with Gasteiger partial charge in [0.1, 0.15) is 17.7 Å². The maximum absolute atomic E-state index is 13.0. The standard InChI is InChI=1S/C22H21FN4O2S/c1-13(2)19-21(29)26-20-16-5-3-4-6-17(16)25-22(27(19)20)30-12-18(28)24-11-14-7-9-15(23)10-8-14/h3-10,13,19H,11-12H2,1-2H3,(H,24,28). The van der Waals surface area contributed by atoms with Crippen LogP contribution in [0, 0.1) is 11.7 Å². The second kappa shape index (κ2) is 8.39. The largest absolute Gasteiger partial charge is 0.351 e. The van der Waals surface area contributed by atoms with Crippen LogP contribution >= 0.6 is 11.8 Å². The molecule has 0 saturated carbocycles. The normalized spacial score (nSPS) is 17.4. The number of carbonyl (C=O) groups excluding carboxylic acids is 2. The summed E-state index contributed by atoms with van der Waals surface area (Å²) < 4.78 is 13.0. The number of amides is 2. The number of aliphatic imine (C=N–C) groups is 2. The summed E-state index contributed by atoms with van der Waals surface area (Å²) in [5.41, 5.74) is 2.37. The Morgan fingerprint density at radius 3 is 2.63 bits per heavy atom. The molecule has 0 saturated heterocycles. The minimum atomic E-state index is -0.429. The molecule has 8 heteroatoms. The minimum Gasteiger partial charge on any atom is -0.351 e. The molecule has 2 heterocycles. The Bertz CT molecular complexity index is 1050. The van der Waals surface area contributed by atoms with Crippen molar-refractivity contribution in [2.75, 3.05) is 5.75 Å². The first kappa shape index (κ1) is 20.3. The van der Waals surface area contributed by atoms with Gasteiger partial charge in [0.05, 0.1) is 11.4 Å². The molecule has 2 amide bonds. The Morgan fingerprint density at radius 1 is 1.17 bits per heavy atom. The Morgan fingerprint density at radius 2 is 1.90 bits per heavy atom. The van der Waals surface area contributed by atoms with Crippen LogP contribution in [-0.4, -0.2) is 39.5 Å². The van der Waals surface area contributed by atoms with Gasteiger partial charge in [0.2, 0.25) is 5.91 Å². The number of para-hydroxylation sites is 1. The second-order valence-electron chi connectivity index (χ2n) is 7.44. The van der Waals surface area contributed by atoms with E-state index in [9.17, 15) is 14.0 Å². The van der Waals surface area contributed by atoms with Crippen LogP contribution in [0.5, 0.6) is 0 Å². The summed E-state index contributed by atoms with van der Waals surface area (Å²) in [5.74, 6) is 0.112. The molecular weight excluding hydrogens is 403 g/mol. The van der Waals surface area contributed by atoms with Gasteiger partial charge in [0.15, 0.2) is 5.17 Å². The maximum atomic E-state index is 13.0. The number of fused-ring (bicyclic) bond motifs is 3. The van der Waals surface area contributed by atoms with E-state index < -0.39 is 6.04 Å². The number of halogens is 1. The van der Waals surface area contributed by atoms with Crippen LogP contribution < -0.4 is 5.32 Å². The Balaban J connectivity index is 1.49. The van der Waals surface area contributed by atoms with Gasteiger partial charge in [0, 0.05) is 12.1 Å². The van der Waals surface area contributed by atoms with E-state index in [0.717, 1.165) is 16.8 Å². The van der Waals surface area contributed by atoms with Crippen molar-refractivity contribution in [3.05, 3.63) is 65.5 Å². The van der Waals surface area contributed by atoms with Crippen LogP contribution in [0.1, 0.15) is 25.0 Å². The first-order chi connectivity index (χ1) is 14.4. The highest BCUT2D eigenvalue weighted by Gasteiger charge is 2.43. The minimum absolute atomic E-state index is 0.0436. The third kappa shape index (κ3) is 4.00. The Kier molecular flexibility index (Phi) is 5.67. The molecule has 0 aliphatic carbocycles. The van der Waals surface area contributed by atoms with E-state index in [0.29, 0.717) is 17.5 Å². The maximum Gasteiger partial charge on any atom is 0.271 e. The zero-order valence-electron chi connectivity index (χ0n) is 16.6.